The molecule has 0 radical (unpaired) electrons. The number of aryl methyl sites for hydroxylation is 3. The SMILES string of the molecule is Cc1cc(NCc2cccnc2Oc2c(C)cccc2C)nc(N)n1. The highest BCUT2D eigenvalue weighted by atomic mass is 16.5. The summed E-state index contributed by atoms with van der Waals surface area (Å²) in [6.07, 6.45) is 1.72. The Kier molecular flexibility index (Phi) is 4.79. The predicted molar refractivity (Wildman–Crippen MR) is 98.7 cm³/mol. The Hall–Kier alpha value is -3.15. The van der Waals surface area contributed by atoms with Gasteiger partial charge in [0.1, 0.15) is 11.6 Å². The first-order valence-electron chi connectivity index (χ1n) is 8.06. The molecular weight excluding hydrogens is 314 g/mol. The van der Waals surface area contributed by atoms with E-state index in [1.807, 2.05) is 57.2 Å². The number of nitrogens with zero attached hydrogens (tertiary/aromatic N) is 3. The van der Waals surface area contributed by atoms with Crippen LogP contribution in [0.5, 0.6) is 11.6 Å². The minimum absolute atomic E-state index is 0.251. The Labute approximate surface area is 147 Å². The molecule has 1 aromatic carbocycles. The smallest absolute Gasteiger partial charge is 0.224 e. The first kappa shape index (κ1) is 16.7. The molecule has 0 aliphatic heterocycles. The summed E-state index contributed by atoms with van der Waals surface area (Å²) in [6.45, 7) is 6.44. The van der Waals surface area contributed by atoms with Gasteiger partial charge in [0.2, 0.25) is 11.8 Å². The van der Waals surface area contributed by atoms with Crippen LogP contribution in [0, 0.1) is 20.8 Å². The van der Waals surface area contributed by atoms with Gasteiger partial charge in [0, 0.05) is 30.1 Å². The molecule has 128 valence electrons. The van der Waals surface area contributed by atoms with Crippen LogP contribution in [-0.4, -0.2) is 15.0 Å². The van der Waals surface area contributed by atoms with Gasteiger partial charge in [-0.15, -0.1) is 0 Å². The van der Waals surface area contributed by atoms with Gasteiger partial charge in [-0.25, -0.2) is 9.97 Å². The van der Waals surface area contributed by atoms with Gasteiger partial charge in [-0.05, 0) is 38.0 Å². The van der Waals surface area contributed by atoms with Gasteiger partial charge in [0.15, 0.2) is 0 Å². The third-order valence-electron chi connectivity index (χ3n) is 3.79. The largest absolute Gasteiger partial charge is 0.438 e. The molecule has 3 N–H and O–H groups in total. The van der Waals surface area contributed by atoms with E-state index in [0.717, 1.165) is 28.1 Å². The molecule has 3 rings (SSSR count). The lowest BCUT2D eigenvalue weighted by atomic mass is 10.1. The van der Waals surface area contributed by atoms with Crippen molar-refractivity contribution < 1.29 is 4.74 Å². The van der Waals surface area contributed by atoms with Gasteiger partial charge in [0.05, 0.1) is 0 Å². The molecule has 2 aromatic heterocycles. The molecule has 0 amide bonds. The Morgan fingerprint density at radius 1 is 1.04 bits per heavy atom. The Balaban J connectivity index is 1.81. The summed E-state index contributed by atoms with van der Waals surface area (Å²) in [4.78, 5) is 12.6. The van der Waals surface area contributed by atoms with Gasteiger partial charge in [0.25, 0.3) is 0 Å². The molecule has 6 nitrogen and oxygen atoms in total. The third-order valence-corrected chi connectivity index (χ3v) is 3.79. The number of aromatic nitrogens is 3. The van der Waals surface area contributed by atoms with Gasteiger partial charge < -0.3 is 15.8 Å². The van der Waals surface area contributed by atoms with Crippen LogP contribution >= 0.6 is 0 Å². The zero-order chi connectivity index (χ0) is 17.8. The van der Waals surface area contributed by atoms with E-state index in [9.17, 15) is 0 Å². The molecule has 0 bridgehead atoms. The molecule has 0 fully saturated rings. The first-order chi connectivity index (χ1) is 12.0. The van der Waals surface area contributed by atoms with Crippen LogP contribution in [0.4, 0.5) is 11.8 Å². The first-order valence-corrected chi connectivity index (χ1v) is 8.06. The molecule has 25 heavy (non-hydrogen) atoms. The van der Waals surface area contributed by atoms with Gasteiger partial charge in [-0.3, -0.25) is 0 Å². The minimum Gasteiger partial charge on any atom is -0.438 e. The second kappa shape index (κ2) is 7.17. The third kappa shape index (κ3) is 4.03. The normalized spacial score (nSPS) is 10.5. The van der Waals surface area contributed by atoms with E-state index in [1.165, 1.54) is 0 Å². The van der Waals surface area contributed by atoms with Crippen LogP contribution in [0.2, 0.25) is 0 Å². The predicted octanol–water partition coefficient (Wildman–Crippen LogP) is 3.78. The summed E-state index contributed by atoms with van der Waals surface area (Å²) in [6, 6.07) is 11.8. The number of rotatable bonds is 5. The maximum atomic E-state index is 6.10. The molecule has 2 heterocycles. The van der Waals surface area contributed by atoms with Gasteiger partial charge >= 0.3 is 0 Å². The molecular formula is C19H21N5O. The molecule has 0 saturated heterocycles. The number of para-hydroxylation sites is 1. The number of benzene rings is 1. The van der Waals surface area contributed by atoms with Gasteiger partial charge in [-0.2, -0.15) is 4.98 Å². The van der Waals surface area contributed by atoms with Crippen molar-refractivity contribution in [2.75, 3.05) is 11.1 Å². The average molecular weight is 335 g/mol. The van der Waals surface area contributed by atoms with Crippen LogP contribution in [-0.2, 0) is 6.54 Å². The maximum absolute atomic E-state index is 6.10. The maximum Gasteiger partial charge on any atom is 0.224 e. The minimum atomic E-state index is 0.251. The number of pyridine rings is 1. The van der Waals surface area contributed by atoms with E-state index < -0.39 is 0 Å². The number of ether oxygens (including phenoxy) is 1. The lowest BCUT2D eigenvalue weighted by molar-refractivity contribution is 0.450. The Morgan fingerprint density at radius 2 is 1.80 bits per heavy atom. The zero-order valence-corrected chi connectivity index (χ0v) is 14.6. The summed E-state index contributed by atoms with van der Waals surface area (Å²) >= 11 is 0. The van der Waals surface area contributed by atoms with E-state index in [0.29, 0.717) is 18.2 Å². The number of nitrogen functional groups attached to an aromatic ring is 1. The number of nitrogens with one attached hydrogen (secondary N) is 1. The van der Waals surface area contributed by atoms with Crippen molar-refractivity contribution in [2.24, 2.45) is 0 Å². The van der Waals surface area contributed by atoms with E-state index in [2.05, 4.69) is 20.3 Å². The summed E-state index contributed by atoms with van der Waals surface area (Å²) in [7, 11) is 0. The summed E-state index contributed by atoms with van der Waals surface area (Å²) in [5.74, 6) is 2.34. The zero-order valence-electron chi connectivity index (χ0n) is 14.6. The molecule has 0 saturated carbocycles. The fraction of sp³-hybridized carbons (Fsp3) is 0.211. The Bertz CT molecular complexity index is 854. The molecule has 0 atom stereocenters. The molecule has 0 unspecified atom stereocenters. The van der Waals surface area contributed by atoms with Crippen LogP contribution in [0.1, 0.15) is 22.4 Å². The second-order valence-electron chi connectivity index (χ2n) is 5.90. The second-order valence-corrected chi connectivity index (χ2v) is 5.90. The van der Waals surface area contributed by atoms with E-state index >= 15 is 0 Å². The van der Waals surface area contributed by atoms with Crippen LogP contribution in [0.3, 0.4) is 0 Å². The van der Waals surface area contributed by atoms with Crippen molar-refractivity contribution in [1.82, 2.24) is 15.0 Å². The number of hydrogen-bond donors (Lipinski definition) is 2. The van der Waals surface area contributed by atoms with E-state index in [4.69, 9.17) is 10.5 Å². The fourth-order valence-corrected chi connectivity index (χ4v) is 2.58. The topological polar surface area (TPSA) is 86.0 Å². The standard InChI is InChI=1S/C19H21N5O/c1-12-6-4-7-13(2)17(12)25-18-15(8-5-9-21-18)11-22-16-10-14(3)23-19(20)24-16/h4-10H,11H2,1-3H3,(H3,20,22,23,24). The van der Waals surface area contributed by atoms with Crippen LogP contribution in [0.25, 0.3) is 0 Å². The van der Waals surface area contributed by atoms with Crippen molar-refractivity contribution >= 4 is 11.8 Å². The lowest BCUT2D eigenvalue weighted by Gasteiger charge is -2.14. The van der Waals surface area contributed by atoms with Gasteiger partial charge in [-0.1, -0.05) is 24.3 Å². The van der Waals surface area contributed by atoms with E-state index in [-0.39, 0.29) is 5.95 Å². The number of hydrogen-bond acceptors (Lipinski definition) is 6. The van der Waals surface area contributed by atoms with Crippen LogP contribution in [0.15, 0.2) is 42.6 Å². The quantitative estimate of drug-likeness (QED) is 0.738. The molecule has 0 aliphatic carbocycles. The highest BCUT2D eigenvalue weighted by Gasteiger charge is 2.10. The molecule has 0 aliphatic rings. The highest BCUT2D eigenvalue weighted by Crippen LogP contribution is 2.29. The van der Waals surface area contributed by atoms with Crippen molar-refractivity contribution in [3.05, 3.63) is 65.0 Å². The van der Waals surface area contributed by atoms with Crippen molar-refractivity contribution in [3.63, 3.8) is 0 Å². The monoisotopic (exact) mass is 335 g/mol. The highest BCUT2D eigenvalue weighted by molar-refractivity contribution is 5.45. The molecule has 3 aromatic rings. The average Bonchev–Trinajstić information content (AvgIpc) is 2.56. The summed E-state index contributed by atoms with van der Waals surface area (Å²) in [5, 5.41) is 3.25. The summed E-state index contributed by atoms with van der Waals surface area (Å²) < 4.78 is 6.10. The van der Waals surface area contributed by atoms with Crippen molar-refractivity contribution in [3.8, 4) is 11.6 Å². The van der Waals surface area contributed by atoms with Crippen molar-refractivity contribution in [1.29, 1.82) is 0 Å². The fourth-order valence-electron chi connectivity index (χ4n) is 2.58. The van der Waals surface area contributed by atoms with E-state index in [1.54, 1.807) is 6.20 Å². The van der Waals surface area contributed by atoms with Crippen LogP contribution < -0.4 is 15.8 Å². The molecule has 0 spiro atoms. The van der Waals surface area contributed by atoms with Crippen molar-refractivity contribution in [2.45, 2.75) is 27.3 Å². The number of anilines is 2. The summed E-state index contributed by atoms with van der Waals surface area (Å²) in [5.41, 5.74) is 9.58. The molecule has 6 heteroatoms. The number of nitrogens with two attached hydrogens (primary N) is 1. The lowest BCUT2D eigenvalue weighted by Crippen LogP contribution is -2.07. The Morgan fingerprint density at radius 3 is 2.52 bits per heavy atom.